The topological polar surface area (TPSA) is 51.5 Å². The van der Waals surface area contributed by atoms with Crippen molar-refractivity contribution in [2.24, 2.45) is 0 Å². The largest absolute Gasteiger partial charge is 0.493 e. The van der Waals surface area contributed by atoms with E-state index in [1.54, 1.807) is 18.9 Å². The lowest BCUT2D eigenvalue weighted by Crippen LogP contribution is -2.33. The summed E-state index contributed by atoms with van der Waals surface area (Å²) in [6.07, 6.45) is 0. The molecule has 1 N–H and O–H groups in total. The van der Waals surface area contributed by atoms with E-state index in [-0.39, 0.29) is 17.2 Å². The highest BCUT2D eigenvalue weighted by Crippen LogP contribution is 2.31. The van der Waals surface area contributed by atoms with Crippen molar-refractivity contribution in [3.8, 4) is 5.75 Å². The van der Waals surface area contributed by atoms with Gasteiger partial charge in [-0.15, -0.1) is 11.8 Å². The Kier molecular flexibility index (Phi) is 5.89. The monoisotopic (exact) mass is 369 g/mol. The third-order valence-electron chi connectivity index (χ3n) is 4.24. The van der Waals surface area contributed by atoms with Crippen LogP contribution in [0.2, 0.25) is 0 Å². The lowest BCUT2D eigenvalue weighted by molar-refractivity contribution is -0.121. The van der Waals surface area contributed by atoms with Gasteiger partial charge in [0, 0.05) is 11.1 Å². The van der Waals surface area contributed by atoms with Crippen LogP contribution in [0.5, 0.6) is 5.75 Å². The molecular weight excluding hydrogens is 346 g/mol. The molecule has 3 aromatic rings. The number of ether oxygens (including phenoxy) is 1. The number of methoxy groups -OCH3 is 1. The predicted molar refractivity (Wildman–Crippen MR) is 107 cm³/mol. The molecule has 2 unspecified atom stereocenters. The minimum atomic E-state index is -0.209. The first-order valence-electron chi connectivity index (χ1n) is 8.61. The van der Waals surface area contributed by atoms with Gasteiger partial charge >= 0.3 is 0 Å². The van der Waals surface area contributed by atoms with Gasteiger partial charge in [0.1, 0.15) is 5.76 Å². The molecule has 0 bridgehead atoms. The van der Waals surface area contributed by atoms with E-state index >= 15 is 0 Å². The van der Waals surface area contributed by atoms with Crippen molar-refractivity contribution < 1.29 is 13.9 Å². The fourth-order valence-corrected chi connectivity index (χ4v) is 3.56. The second-order valence-electron chi connectivity index (χ2n) is 6.20. The van der Waals surface area contributed by atoms with Crippen molar-refractivity contribution in [2.75, 3.05) is 7.11 Å². The number of nitrogens with one attached hydrogen (secondary N) is 1. The van der Waals surface area contributed by atoms with Crippen molar-refractivity contribution in [1.82, 2.24) is 5.32 Å². The Hall–Kier alpha value is -2.40. The highest BCUT2D eigenvalue weighted by Gasteiger charge is 2.19. The Morgan fingerprint density at radius 1 is 1.15 bits per heavy atom. The van der Waals surface area contributed by atoms with Gasteiger partial charge in [0.15, 0.2) is 11.3 Å². The number of thioether (sulfide) groups is 1. The number of benzene rings is 2. The molecule has 1 aromatic heterocycles. The lowest BCUT2D eigenvalue weighted by Gasteiger charge is -2.16. The Balaban J connectivity index is 1.61. The first kappa shape index (κ1) is 18.4. The molecule has 1 amide bonds. The highest BCUT2D eigenvalue weighted by atomic mass is 32.2. The molecule has 4 nitrogen and oxygen atoms in total. The number of carbonyl (C=O) groups excluding carboxylic acids is 1. The smallest absolute Gasteiger partial charge is 0.233 e. The van der Waals surface area contributed by atoms with Crippen LogP contribution in [0.4, 0.5) is 0 Å². The highest BCUT2D eigenvalue weighted by molar-refractivity contribution is 7.99. The van der Waals surface area contributed by atoms with Crippen LogP contribution in [0.3, 0.4) is 0 Å². The van der Waals surface area contributed by atoms with E-state index in [2.05, 4.69) is 17.4 Å². The van der Waals surface area contributed by atoms with Crippen molar-refractivity contribution in [3.05, 3.63) is 65.9 Å². The quantitative estimate of drug-likeness (QED) is 0.641. The maximum atomic E-state index is 12.5. The molecule has 0 fully saturated rings. The molecule has 0 aliphatic rings. The van der Waals surface area contributed by atoms with Crippen molar-refractivity contribution in [1.29, 1.82) is 0 Å². The minimum Gasteiger partial charge on any atom is -0.493 e. The predicted octanol–water partition coefficient (Wildman–Crippen LogP) is 4.94. The average molecular weight is 369 g/mol. The number of carbonyl (C=O) groups is 1. The number of amides is 1. The molecule has 3 rings (SSSR count). The van der Waals surface area contributed by atoms with E-state index in [4.69, 9.17) is 9.15 Å². The molecule has 2 atom stereocenters. The van der Waals surface area contributed by atoms with Crippen LogP contribution >= 0.6 is 11.8 Å². The SMILES string of the molecule is COc1cccc2cc(C(C)NC(=O)C(C)SCc3ccccc3)oc12. The molecule has 0 spiro atoms. The summed E-state index contributed by atoms with van der Waals surface area (Å²) in [5.74, 6) is 2.23. The summed E-state index contributed by atoms with van der Waals surface area (Å²) in [6, 6.07) is 17.7. The summed E-state index contributed by atoms with van der Waals surface area (Å²) >= 11 is 1.62. The summed E-state index contributed by atoms with van der Waals surface area (Å²) in [7, 11) is 1.62. The molecule has 136 valence electrons. The second-order valence-corrected chi connectivity index (χ2v) is 7.53. The van der Waals surface area contributed by atoms with Crippen LogP contribution in [0.15, 0.2) is 59.0 Å². The maximum Gasteiger partial charge on any atom is 0.233 e. The van der Waals surface area contributed by atoms with Crippen molar-refractivity contribution in [3.63, 3.8) is 0 Å². The standard InChI is InChI=1S/C21H23NO3S/c1-14(19-12-17-10-7-11-18(24-3)20(17)25-19)22-21(23)15(2)26-13-16-8-5-4-6-9-16/h4-12,14-15H,13H2,1-3H3,(H,22,23). The zero-order valence-corrected chi connectivity index (χ0v) is 16.0. The molecule has 2 aromatic carbocycles. The first-order valence-corrected chi connectivity index (χ1v) is 9.65. The van der Waals surface area contributed by atoms with E-state index in [0.717, 1.165) is 16.9 Å². The molecule has 26 heavy (non-hydrogen) atoms. The van der Waals surface area contributed by atoms with Crippen molar-refractivity contribution in [2.45, 2.75) is 30.9 Å². The van der Waals surface area contributed by atoms with Gasteiger partial charge in [0.05, 0.1) is 18.4 Å². The van der Waals surface area contributed by atoms with Crippen LogP contribution in [-0.2, 0) is 10.5 Å². The van der Waals surface area contributed by atoms with Gasteiger partial charge in [0.2, 0.25) is 5.91 Å². The van der Waals surface area contributed by atoms with Gasteiger partial charge in [-0.2, -0.15) is 0 Å². The molecule has 0 radical (unpaired) electrons. The van der Waals surface area contributed by atoms with E-state index in [0.29, 0.717) is 11.3 Å². The molecule has 0 saturated carbocycles. The van der Waals surface area contributed by atoms with Crippen LogP contribution in [0.1, 0.15) is 31.2 Å². The minimum absolute atomic E-state index is 0.00542. The van der Waals surface area contributed by atoms with Gasteiger partial charge in [-0.3, -0.25) is 4.79 Å². The van der Waals surface area contributed by atoms with E-state index in [1.165, 1.54) is 5.56 Å². The summed E-state index contributed by atoms with van der Waals surface area (Å²) in [5.41, 5.74) is 1.92. The van der Waals surface area contributed by atoms with Crippen LogP contribution in [0.25, 0.3) is 11.0 Å². The van der Waals surface area contributed by atoms with Gasteiger partial charge in [-0.1, -0.05) is 42.5 Å². The number of fused-ring (bicyclic) bond motifs is 1. The fourth-order valence-electron chi connectivity index (χ4n) is 2.70. The average Bonchev–Trinajstić information content (AvgIpc) is 3.11. The molecule has 0 aliphatic carbocycles. The first-order chi connectivity index (χ1) is 12.6. The Morgan fingerprint density at radius 2 is 1.92 bits per heavy atom. The number of rotatable bonds is 7. The Morgan fingerprint density at radius 3 is 2.65 bits per heavy atom. The second kappa shape index (κ2) is 8.32. The van der Waals surface area contributed by atoms with Crippen LogP contribution in [-0.4, -0.2) is 18.3 Å². The molecule has 1 heterocycles. The van der Waals surface area contributed by atoms with Crippen molar-refractivity contribution >= 4 is 28.6 Å². The zero-order valence-electron chi connectivity index (χ0n) is 15.2. The number of para-hydroxylation sites is 1. The number of furan rings is 1. The van der Waals surface area contributed by atoms with Gasteiger partial charge in [-0.05, 0) is 31.5 Å². The van der Waals surface area contributed by atoms with Crippen LogP contribution < -0.4 is 10.1 Å². The third kappa shape index (κ3) is 4.22. The summed E-state index contributed by atoms with van der Waals surface area (Å²) in [6.45, 7) is 3.86. The fraction of sp³-hybridized carbons (Fsp3) is 0.286. The van der Waals surface area contributed by atoms with Gasteiger partial charge < -0.3 is 14.5 Å². The summed E-state index contributed by atoms with van der Waals surface area (Å²) in [5, 5.41) is 3.86. The normalized spacial score (nSPS) is 13.3. The van der Waals surface area contributed by atoms with Crippen LogP contribution in [0, 0.1) is 0 Å². The third-order valence-corrected chi connectivity index (χ3v) is 5.46. The lowest BCUT2D eigenvalue weighted by atomic mass is 10.2. The molecule has 0 saturated heterocycles. The number of hydrogen-bond acceptors (Lipinski definition) is 4. The summed E-state index contributed by atoms with van der Waals surface area (Å²) < 4.78 is 11.2. The molecular formula is C21H23NO3S. The molecule has 0 aliphatic heterocycles. The van der Waals surface area contributed by atoms with Gasteiger partial charge in [-0.25, -0.2) is 0 Å². The Bertz CT molecular complexity index is 875. The summed E-state index contributed by atoms with van der Waals surface area (Å²) in [4.78, 5) is 12.5. The van der Waals surface area contributed by atoms with Gasteiger partial charge in [0.25, 0.3) is 0 Å². The molecule has 5 heteroatoms. The van der Waals surface area contributed by atoms with E-state index < -0.39 is 0 Å². The maximum absolute atomic E-state index is 12.5. The Labute approximate surface area is 157 Å². The van der Waals surface area contributed by atoms with E-state index in [1.807, 2.05) is 56.3 Å². The number of hydrogen-bond donors (Lipinski definition) is 1. The van der Waals surface area contributed by atoms with E-state index in [9.17, 15) is 4.79 Å². The zero-order chi connectivity index (χ0) is 18.5.